The highest BCUT2D eigenvalue weighted by Crippen LogP contribution is 2.53. The smallest absolute Gasteiger partial charge is 0.411 e. The Morgan fingerprint density at radius 2 is 1.66 bits per heavy atom. The van der Waals surface area contributed by atoms with Gasteiger partial charge in [-0.3, -0.25) is 33.9 Å². The molecule has 5 atom stereocenters. The number of nitrogen functional groups attached to an aromatic ring is 1. The van der Waals surface area contributed by atoms with Crippen LogP contribution in [0.3, 0.4) is 0 Å². The van der Waals surface area contributed by atoms with Gasteiger partial charge in [0.25, 0.3) is 11.5 Å². The minimum atomic E-state index is -1.53. The largest absolute Gasteiger partial charge is 0.480 e. The topological polar surface area (TPSA) is 384 Å². The molecular formula is C46H49N11O14S2. The summed E-state index contributed by atoms with van der Waals surface area (Å²) >= 11 is 0. The SMILES string of the molecule is CO[C@@]12[C@H](COC(N)=O)C3=C(C(=O)C(C)=C(N)C3=O)N1CN(C(=O)OCc1ccc(SSCC(NC(=O)CC[C@H](NC(=O)c3ccc(NCc4cnc5cc(N)[nH]c(=O)c5n4)cc3)C(=O)O)C(=O)O)cc1)[C@H]2C. The van der Waals surface area contributed by atoms with Crippen molar-refractivity contribution in [3.63, 3.8) is 0 Å². The van der Waals surface area contributed by atoms with Crippen LogP contribution in [-0.4, -0.2) is 132 Å². The van der Waals surface area contributed by atoms with E-state index in [1.165, 1.54) is 59.0 Å². The highest BCUT2D eigenvalue weighted by molar-refractivity contribution is 8.76. The summed E-state index contributed by atoms with van der Waals surface area (Å²) in [5.74, 6) is -6.32. The number of carbonyl (C=O) groups is 8. The minimum absolute atomic E-state index is 0.00231. The van der Waals surface area contributed by atoms with E-state index < -0.39 is 95.9 Å². The molecule has 1 saturated heterocycles. The fraction of sp³-hybridized carbons (Fsp3) is 0.326. The number of hydrogen-bond donors (Lipinski definition) is 9. The third-order valence-corrected chi connectivity index (χ3v) is 14.8. The first-order valence-electron chi connectivity index (χ1n) is 22.1. The van der Waals surface area contributed by atoms with E-state index >= 15 is 0 Å². The number of nitrogens with one attached hydrogen (secondary N) is 4. The molecule has 0 saturated carbocycles. The van der Waals surface area contributed by atoms with Gasteiger partial charge in [-0.05, 0) is 62.2 Å². The molecule has 12 N–H and O–H groups in total. The monoisotopic (exact) mass is 1040 g/mol. The Morgan fingerprint density at radius 3 is 2.32 bits per heavy atom. The van der Waals surface area contributed by atoms with Crippen LogP contribution in [0, 0.1) is 5.92 Å². The quantitative estimate of drug-likeness (QED) is 0.0450. The number of carboxylic acids is 2. The fourth-order valence-corrected chi connectivity index (χ4v) is 10.7. The number of methoxy groups -OCH3 is 1. The van der Waals surface area contributed by atoms with Gasteiger partial charge in [0.1, 0.15) is 31.1 Å². The summed E-state index contributed by atoms with van der Waals surface area (Å²) in [6.07, 6.45) is -1.15. The van der Waals surface area contributed by atoms with Crippen molar-refractivity contribution < 1.29 is 62.8 Å². The zero-order chi connectivity index (χ0) is 52.9. The van der Waals surface area contributed by atoms with Gasteiger partial charge in [-0.1, -0.05) is 33.7 Å². The molecule has 25 nitrogen and oxygen atoms in total. The number of Topliss-reactive ketones (excluding diaryl/α,β-unsaturated/α-hetero) is 2. The maximum absolute atomic E-state index is 13.6. The molecule has 4 heterocycles. The van der Waals surface area contributed by atoms with Gasteiger partial charge in [-0.25, -0.2) is 24.2 Å². The molecule has 2 aromatic carbocycles. The molecule has 27 heteroatoms. The average Bonchev–Trinajstić information content (AvgIpc) is 3.82. The summed E-state index contributed by atoms with van der Waals surface area (Å²) in [5, 5.41) is 27.5. The van der Waals surface area contributed by atoms with E-state index in [1.807, 2.05) is 0 Å². The number of anilines is 2. The van der Waals surface area contributed by atoms with E-state index in [0.717, 1.165) is 10.8 Å². The van der Waals surface area contributed by atoms with Gasteiger partial charge in [0.05, 0.1) is 54.0 Å². The van der Waals surface area contributed by atoms with Gasteiger partial charge < -0.3 is 67.5 Å². The number of carboxylic acid groups (broad SMARTS) is 2. The number of amides is 4. The normalized spacial score (nSPS) is 19.0. The zero-order valence-electron chi connectivity index (χ0n) is 39.2. The van der Waals surface area contributed by atoms with Gasteiger partial charge >= 0.3 is 24.1 Å². The number of aliphatic carboxylic acids is 2. The van der Waals surface area contributed by atoms with Crippen molar-refractivity contribution in [1.29, 1.82) is 0 Å². The molecule has 0 bridgehead atoms. The summed E-state index contributed by atoms with van der Waals surface area (Å²) < 4.78 is 16.7. The van der Waals surface area contributed by atoms with Crippen LogP contribution in [0.2, 0.25) is 0 Å². The Bertz CT molecular complexity index is 3020. The van der Waals surface area contributed by atoms with Crippen LogP contribution in [0.25, 0.3) is 11.0 Å². The van der Waals surface area contributed by atoms with Crippen molar-refractivity contribution in [1.82, 2.24) is 35.4 Å². The molecule has 2 aliphatic heterocycles. The van der Waals surface area contributed by atoms with Crippen LogP contribution in [0.1, 0.15) is 48.3 Å². The number of nitrogens with two attached hydrogens (primary N) is 3. The highest BCUT2D eigenvalue weighted by atomic mass is 33.1. The van der Waals surface area contributed by atoms with Crippen molar-refractivity contribution in [2.75, 3.05) is 37.2 Å². The molecule has 73 heavy (non-hydrogen) atoms. The van der Waals surface area contributed by atoms with Gasteiger partial charge in [0, 0.05) is 52.6 Å². The molecule has 1 unspecified atom stereocenters. The Morgan fingerprint density at radius 1 is 0.959 bits per heavy atom. The van der Waals surface area contributed by atoms with Crippen molar-refractivity contribution in [3.8, 4) is 0 Å². The summed E-state index contributed by atoms with van der Waals surface area (Å²) in [6.45, 7) is 2.41. The summed E-state index contributed by atoms with van der Waals surface area (Å²) in [4.78, 5) is 129. The van der Waals surface area contributed by atoms with E-state index in [-0.39, 0.29) is 71.4 Å². The first-order valence-corrected chi connectivity index (χ1v) is 24.5. The number of allylic oxidation sites excluding steroid dienone is 2. The highest BCUT2D eigenvalue weighted by Gasteiger charge is 2.67. The minimum Gasteiger partial charge on any atom is -0.480 e. The van der Waals surface area contributed by atoms with Crippen LogP contribution in [-0.2, 0) is 51.3 Å². The summed E-state index contributed by atoms with van der Waals surface area (Å²) in [5.41, 5.74) is 16.9. The second kappa shape index (κ2) is 22.1. The van der Waals surface area contributed by atoms with Gasteiger partial charge in [0.2, 0.25) is 17.5 Å². The lowest BCUT2D eigenvalue weighted by Gasteiger charge is -2.40. The number of ether oxygens (including phenoxy) is 3. The Hall–Kier alpha value is -8.17. The predicted molar refractivity (Wildman–Crippen MR) is 262 cm³/mol. The van der Waals surface area contributed by atoms with E-state index in [4.69, 9.17) is 31.4 Å². The lowest BCUT2D eigenvalue weighted by molar-refractivity contribution is -0.142. The number of ketones is 2. The van der Waals surface area contributed by atoms with Gasteiger partial charge in [-0.2, -0.15) is 0 Å². The third kappa shape index (κ3) is 11.2. The number of fused-ring (bicyclic) bond motifs is 3. The van der Waals surface area contributed by atoms with E-state index in [2.05, 4.69) is 30.9 Å². The summed E-state index contributed by atoms with van der Waals surface area (Å²) in [7, 11) is 3.69. The molecular weight excluding hydrogens is 995 g/mol. The number of benzene rings is 2. The van der Waals surface area contributed by atoms with Crippen LogP contribution in [0.5, 0.6) is 0 Å². The Balaban J connectivity index is 0.853. The van der Waals surface area contributed by atoms with Crippen LogP contribution in [0.4, 0.5) is 21.1 Å². The standard InChI is InChI=1S/C46H49N11O14S2/c1-21-35(48)39(60)34-28(18-70-44(49)67)46(69-3)22(2)56(20-57(46)37(34)38(21)59)45(68)71-17-23-4-10-27(11-5-23)73-72-19-31(43(65)66)53-33(58)13-12-29(42(63)64)54-40(61)24-6-8-25(9-7-24)50-15-26-16-51-30-14-32(47)55-41(62)36(30)52-26/h4-11,14,16,22,28-29,31,50H,12-13,15,17-20,48H2,1-3H3,(H2,49,67)(H,53,58)(H,54,61)(H,63,64)(H,65,66)(H3,47,55,62)/t22-,28+,29-,31?,46-/m0/s1. The lowest BCUT2D eigenvalue weighted by Crippen LogP contribution is -2.56. The number of aromatic amines is 1. The second-order valence-corrected chi connectivity index (χ2v) is 19.2. The molecule has 2 aromatic heterocycles. The molecule has 3 aliphatic rings. The number of H-pyrrole nitrogens is 1. The van der Waals surface area contributed by atoms with E-state index in [9.17, 15) is 53.4 Å². The lowest BCUT2D eigenvalue weighted by atomic mass is 9.81. The Kier molecular flexibility index (Phi) is 15.9. The average molecular weight is 1040 g/mol. The molecule has 1 aliphatic carbocycles. The van der Waals surface area contributed by atoms with Crippen LogP contribution in [0.15, 0.2) is 93.0 Å². The van der Waals surface area contributed by atoms with Gasteiger partial charge in [0.15, 0.2) is 11.2 Å². The van der Waals surface area contributed by atoms with Crippen molar-refractivity contribution in [2.24, 2.45) is 17.4 Å². The van der Waals surface area contributed by atoms with Gasteiger partial charge in [-0.15, -0.1) is 0 Å². The molecule has 4 aromatic rings. The third-order valence-electron chi connectivity index (χ3n) is 12.4. The summed E-state index contributed by atoms with van der Waals surface area (Å²) in [6, 6.07) is 10.7. The number of primary amides is 1. The maximum atomic E-state index is 13.6. The zero-order valence-corrected chi connectivity index (χ0v) is 40.8. The van der Waals surface area contributed by atoms with Crippen molar-refractivity contribution in [3.05, 3.63) is 111 Å². The van der Waals surface area contributed by atoms with Crippen molar-refractivity contribution >= 4 is 91.6 Å². The van der Waals surface area contributed by atoms with Crippen LogP contribution < -0.4 is 38.7 Å². The first kappa shape index (κ1) is 52.6. The predicted octanol–water partition coefficient (Wildman–Crippen LogP) is 1.79. The fourth-order valence-electron chi connectivity index (χ4n) is 8.56. The first-order chi connectivity index (χ1) is 34.7. The molecule has 7 rings (SSSR count). The number of pyridine rings is 1. The molecule has 0 spiro atoms. The molecule has 4 amide bonds. The number of carbonyl (C=O) groups excluding carboxylic acids is 6. The molecule has 1 fully saturated rings. The number of aromatic nitrogens is 3. The number of nitrogens with zero attached hydrogens (tertiary/aromatic N) is 4. The van der Waals surface area contributed by atoms with Crippen LogP contribution >= 0.6 is 21.6 Å². The second-order valence-electron chi connectivity index (χ2n) is 16.8. The molecule has 384 valence electrons. The Labute approximate surface area is 422 Å². The molecule has 0 radical (unpaired) electrons. The van der Waals surface area contributed by atoms with E-state index in [0.29, 0.717) is 27.4 Å². The number of rotatable bonds is 20. The maximum Gasteiger partial charge on any atom is 0.411 e. The van der Waals surface area contributed by atoms with Crippen molar-refractivity contribution in [2.45, 2.75) is 68.6 Å². The number of hydrogen-bond acceptors (Lipinski definition) is 20. The van der Waals surface area contributed by atoms with E-state index in [1.54, 1.807) is 43.3 Å².